The monoisotopic (exact) mass is 447 g/mol. The first-order valence-electron chi connectivity index (χ1n) is 12.1. The van der Waals surface area contributed by atoms with Crippen LogP contribution in [0, 0.1) is 38.6 Å². The van der Waals surface area contributed by atoms with Gasteiger partial charge in [0.15, 0.2) is 0 Å². The molecule has 172 valence electrons. The van der Waals surface area contributed by atoms with Crippen molar-refractivity contribution in [3.05, 3.63) is 101 Å². The summed E-state index contributed by atoms with van der Waals surface area (Å²) >= 11 is 0. The second-order valence-electron chi connectivity index (χ2n) is 10.2. The van der Waals surface area contributed by atoms with Gasteiger partial charge >= 0.3 is 0 Å². The van der Waals surface area contributed by atoms with E-state index >= 15 is 0 Å². The molecular formula is C32H33NO. The lowest BCUT2D eigenvalue weighted by molar-refractivity contribution is -0.418. The summed E-state index contributed by atoms with van der Waals surface area (Å²) in [4.78, 5) is 0. The van der Waals surface area contributed by atoms with Gasteiger partial charge in [0.05, 0.1) is 6.72 Å². The highest BCUT2D eigenvalue weighted by molar-refractivity contribution is 6.06. The van der Waals surface area contributed by atoms with E-state index in [9.17, 15) is 0 Å². The smallest absolute Gasteiger partial charge is 0.278 e. The Morgan fingerprint density at radius 2 is 1.65 bits per heavy atom. The Labute approximate surface area is 202 Å². The lowest BCUT2D eigenvalue weighted by atomic mass is 9.86. The Kier molecular flexibility index (Phi) is 5.48. The number of aryl methyl sites for hydroxylation is 3. The predicted molar refractivity (Wildman–Crippen MR) is 144 cm³/mol. The summed E-state index contributed by atoms with van der Waals surface area (Å²) in [5.74, 6) is 1.07. The minimum atomic E-state index is 0.488. The highest BCUT2D eigenvalue weighted by atomic mass is 16.3. The van der Waals surface area contributed by atoms with Gasteiger partial charge in [-0.15, -0.1) is 18.2 Å². The lowest BCUT2D eigenvalue weighted by Gasteiger charge is -2.26. The molecule has 0 aliphatic carbocycles. The van der Waals surface area contributed by atoms with E-state index in [0.29, 0.717) is 11.8 Å². The van der Waals surface area contributed by atoms with E-state index in [1.165, 1.54) is 39.0 Å². The third-order valence-corrected chi connectivity index (χ3v) is 7.23. The van der Waals surface area contributed by atoms with E-state index < -0.39 is 0 Å². The minimum absolute atomic E-state index is 0.488. The maximum atomic E-state index is 6.35. The number of nitrogens with zero attached hydrogens (tertiary/aromatic N) is 1. The van der Waals surface area contributed by atoms with Gasteiger partial charge in [-0.1, -0.05) is 85.4 Å². The van der Waals surface area contributed by atoms with Crippen molar-refractivity contribution >= 4 is 28.7 Å². The van der Waals surface area contributed by atoms with Gasteiger partial charge in [0, 0.05) is 0 Å². The average molecular weight is 448 g/mol. The Morgan fingerprint density at radius 3 is 2.35 bits per heavy atom. The summed E-state index contributed by atoms with van der Waals surface area (Å²) in [5.41, 5.74) is 10.5. The van der Waals surface area contributed by atoms with E-state index in [0.717, 1.165) is 28.0 Å². The van der Waals surface area contributed by atoms with Crippen LogP contribution in [0.2, 0.25) is 0 Å². The molecule has 0 fully saturated rings. The largest absolute Gasteiger partial charge is 0.287 e. The molecule has 0 spiro atoms. The van der Waals surface area contributed by atoms with Gasteiger partial charge in [0.1, 0.15) is 12.2 Å². The SMILES string of the molecule is C=[N+]1C=CC(C(C)C(C)C)=C[C-]1c1cc2c(cc1C)[o+][c-]1cc(-c3cc(C)cc(C)c3)ccc21. The van der Waals surface area contributed by atoms with Crippen molar-refractivity contribution in [2.45, 2.75) is 41.5 Å². The number of hydrogen-bond acceptors (Lipinski definition) is 0. The van der Waals surface area contributed by atoms with Gasteiger partial charge in [0.2, 0.25) is 0 Å². The Morgan fingerprint density at radius 1 is 0.912 bits per heavy atom. The summed E-state index contributed by atoms with van der Waals surface area (Å²) in [6, 6.07) is 18.8. The minimum Gasteiger partial charge on any atom is -0.287 e. The first-order chi connectivity index (χ1) is 16.2. The van der Waals surface area contributed by atoms with Crippen LogP contribution in [0.15, 0.2) is 76.9 Å². The molecule has 1 unspecified atom stereocenters. The Hall–Kier alpha value is -3.52. The predicted octanol–water partition coefficient (Wildman–Crippen LogP) is 8.52. The summed E-state index contributed by atoms with van der Waals surface area (Å²) in [7, 11) is 0. The molecule has 0 radical (unpaired) electrons. The molecule has 0 bridgehead atoms. The zero-order valence-corrected chi connectivity index (χ0v) is 21.1. The fourth-order valence-electron chi connectivity index (χ4n) is 4.97. The number of allylic oxidation sites excluding steroid dienone is 2. The number of benzene rings is 3. The van der Waals surface area contributed by atoms with Crippen molar-refractivity contribution in [2.75, 3.05) is 0 Å². The highest BCUT2D eigenvalue weighted by Crippen LogP contribution is 2.37. The van der Waals surface area contributed by atoms with E-state index in [1.807, 2.05) is 4.58 Å². The number of hydrogen-bond donors (Lipinski definition) is 0. The fourth-order valence-corrected chi connectivity index (χ4v) is 4.97. The van der Waals surface area contributed by atoms with Gasteiger partial charge < -0.3 is 0 Å². The Balaban J connectivity index is 1.61. The summed E-state index contributed by atoms with van der Waals surface area (Å²) < 4.78 is 8.33. The first-order valence-corrected chi connectivity index (χ1v) is 12.1. The number of furan rings is 1. The Bertz CT molecular complexity index is 1470. The van der Waals surface area contributed by atoms with Gasteiger partial charge in [-0.25, -0.2) is 0 Å². The van der Waals surface area contributed by atoms with Crippen LogP contribution in [0.1, 0.15) is 43.0 Å². The molecule has 2 heteroatoms. The van der Waals surface area contributed by atoms with Gasteiger partial charge in [0.25, 0.3) is 11.2 Å². The van der Waals surface area contributed by atoms with Crippen molar-refractivity contribution in [1.82, 2.24) is 0 Å². The van der Waals surface area contributed by atoms with E-state index in [-0.39, 0.29) is 0 Å². The molecule has 4 aromatic rings. The van der Waals surface area contributed by atoms with E-state index in [2.05, 4.69) is 115 Å². The molecule has 1 aromatic heterocycles. The molecule has 0 N–H and O–H groups in total. The molecule has 2 nitrogen and oxygen atoms in total. The van der Waals surface area contributed by atoms with Crippen molar-refractivity contribution < 1.29 is 8.99 Å². The van der Waals surface area contributed by atoms with Gasteiger partial charge in [-0.05, 0) is 60.2 Å². The molecule has 0 saturated heterocycles. The third-order valence-electron chi connectivity index (χ3n) is 7.23. The molecule has 1 aliphatic rings. The van der Waals surface area contributed by atoms with E-state index in [1.54, 1.807) is 0 Å². The maximum Gasteiger partial charge on any atom is 0.278 e. The number of rotatable bonds is 4. The third kappa shape index (κ3) is 3.88. The first kappa shape index (κ1) is 22.3. The van der Waals surface area contributed by atoms with Crippen LogP contribution < -0.4 is 0 Å². The summed E-state index contributed by atoms with van der Waals surface area (Å²) in [6.07, 6.45) is 6.57. The topological polar surface area (TPSA) is 14.3 Å². The maximum absolute atomic E-state index is 6.35. The lowest BCUT2D eigenvalue weighted by Crippen LogP contribution is -2.18. The van der Waals surface area contributed by atoms with Crippen LogP contribution in [0.25, 0.3) is 33.1 Å². The molecule has 2 heterocycles. The van der Waals surface area contributed by atoms with Gasteiger partial charge in [-0.3, -0.25) is 8.99 Å². The van der Waals surface area contributed by atoms with Crippen LogP contribution >= 0.6 is 0 Å². The second kappa shape index (κ2) is 8.36. The highest BCUT2D eigenvalue weighted by Gasteiger charge is 2.23. The summed E-state index contributed by atoms with van der Waals surface area (Å²) in [5, 5.41) is 2.29. The van der Waals surface area contributed by atoms with Crippen LogP contribution in [0.3, 0.4) is 0 Å². The molecule has 34 heavy (non-hydrogen) atoms. The molecule has 3 aromatic carbocycles. The van der Waals surface area contributed by atoms with Crippen LogP contribution in [0.5, 0.6) is 0 Å². The fraction of sp³-hybridized carbons (Fsp3) is 0.250. The van der Waals surface area contributed by atoms with Crippen LogP contribution in [-0.2, 0) is 0 Å². The van der Waals surface area contributed by atoms with Crippen molar-refractivity contribution in [3.63, 3.8) is 0 Å². The zero-order chi connectivity index (χ0) is 24.1. The second-order valence-corrected chi connectivity index (χ2v) is 10.2. The quantitative estimate of drug-likeness (QED) is 0.174. The normalized spacial score (nSPS) is 15.0. The molecule has 0 amide bonds. The zero-order valence-electron chi connectivity index (χ0n) is 21.1. The molecule has 0 saturated carbocycles. The van der Waals surface area contributed by atoms with Crippen LogP contribution in [0.4, 0.5) is 0 Å². The molecule has 1 aliphatic heterocycles. The summed E-state index contributed by atoms with van der Waals surface area (Å²) in [6.45, 7) is 17.6. The van der Waals surface area contributed by atoms with Gasteiger partial charge in [-0.2, -0.15) is 0 Å². The van der Waals surface area contributed by atoms with Crippen LogP contribution in [-0.4, -0.2) is 11.3 Å². The van der Waals surface area contributed by atoms with Crippen molar-refractivity contribution in [2.24, 2.45) is 11.8 Å². The van der Waals surface area contributed by atoms with E-state index in [4.69, 9.17) is 4.42 Å². The standard InChI is InChI=1S/C32H33NO/c1-19(2)23(6)24-10-11-33(7)30(16-24)28-18-29-27-9-8-25(26-13-20(3)12-21(4)14-26)17-32(27)34-31(29)15-22(28)5/h8-19,23H,7H2,1-6H3. The number of fused-ring (bicyclic) bond motifs is 3. The molecule has 1 atom stereocenters. The van der Waals surface area contributed by atoms with Crippen molar-refractivity contribution in [1.29, 1.82) is 0 Å². The van der Waals surface area contributed by atoms with Crippen molar-refractivity contribution in [3.8, 4) is 11.1 Å². The molecular weight excluding hydrogens is 414 g/mol. The average Bonchev–Trinajstić information content (AvgIpc) is 3.14. The molecule has 5 rings (SSSR count).